The number of aryl methyl sites for hydroxylation is 1. The second-order valence-electron chi connectivity index (χ2n) is 5.60. The van der Waals surface area contributed by atoms with Gasteiger partial charge >= 0.3 is 0 Å². The van der Waals surface area contributed by atoms with Gasteiger partial charge in [0, 0.05) is 17.6 Å². The van der Waals surface area contributed by atoms with Gasteiger partial charge in [0.25, 0.3) is 5.56 Å². The molecule has 23 heavy (non-hydrogen) atoms. The van der Waals surface area contributed by atoms with Crippen molar-refractivity contribution in [3.8, 4) is 11.5 Å². The highest BCUT2D eigenvalue weighted by Crippen LogP contribution is 2.33. The third-order valence-electron chi connectivity index (χ3n) is 3.97. The molecule has 0 saturated carbocycles. The van der Waals surface area contributed by atoms with Gasteiger partial charge in [0.15, 0.2) is 5.75 Å². The average molecular weight is 318 g/mol. The van der Waals surface area contributed by atoms with E-state index in [0.717, 1.165) is 23.7 Å². The minimum absolute atomic E-state index is 0.184. The minimum atomic E-state index is -0.184. The van der Waals surface area contributed by atoms with E-state index in [1.165, 1.54) is 20.0 Å². The SMILES string of the molecule is CCCCCCOc1c(OC)c(=O)n(CC)c2cc(N)ccc12. The number of hydrogen-bond acceptors (Lipinski definition) is 4. The molecule has 0 saturated heterocycles. The number of hydrogen-bond donors (Lipinski definition) is 1. The van der Waals surface area contributed by atoms with Crippen molar-refractivity contribution in [2.24, 2.45) is 0 Å². The molecule has 2 rings (SSSR count). The number of anilines is 1. The number of nitrogens with two attached hydrogens (primary N) is 1. The van der Waals surface area contributed by atoms with Crippen molar-refractivity contribution < 1.29 is 9.47 Å². The number of benzene rings is 1. The number of unbranched alkanes of at least 4 members (excludes halogenated alkanes) is 3. The van der Waals surface area contributed by atoms with Crippen LogP contribution in [0.4, 0.5) is 5.69 Å². The second kappa shape index (κ2) is 7.90. The maximum Gasteiger partial charge on any atom is 0.297 e. The molecule has 0 unspecified atom stereocenters. The Bertz CT molecular complexity index is 722. The zero-order valence-corrected chi connectivity index (χ0v) is 14.2. The van der Waals surface area contributed by atoms with Crippen LogP contribution in [-0.4, -0.2) is 18.3 Å². The summed E-state index contributed by atoms with van der Waals surface area (Å²) in [6.07, 6.45) is 4.45. The van der Waals surface area contributed by atoms with E-state index in [1.807, 2.05) is 25.1 Å². The van der Waals surface area contributed by atoms with Gasteiger partial charge < -0.3 is 19.8 Å². The van der Waals surface area contributed by atoms with Crippen LogP contribution in [0.5, 0.6) is 11.5 Å². The van der Waals surface area contributed by atoms with Crippen LogP contribution in [0.1, 0.15) is 39.5 Å². The number of pyridine rings is 1. The summed E-state index contributed by atoms with van der Waals surface area (Å²) in [7, 11) is 1.50. The summed E-state index contributed by atoms with van der Waals surface area (Å²) in [6.45, 7) is 5.22. The predicted molar refractivity (Wildman–Crippen MR) is 94.5 cm³/mol. The lowest BCUT2D eigenvalue weighted by Gasteiger charge is -2.17. The minimum Gasteiger partial charge on any atom is -0.489 e. The molecule has 0 aliphatic heterocycles. The first-order valence-electron chi connectivity index (χ1n) is 8.26. The van der Waals surface area contributed by atoms with Gasteiger partial charge in [-0.15, -0.1) is 0 Å². The van der Waals surface area contributed by atoms with E-state index in [2.05, 4.69) is 6.92 Å². The first-order valence-corrected chi connectivity index (χ1v) is 8.26. The molecule has 2 N–H and O–H groups in total. The molecule has 5 nitrogen and oxygen atoms in total. The van der Waals surface area contributed by atoms with Gasteiger partial charge in [-0.05, 0) is 31.5 Å². The Kier molecular flexibility index (Phi) is 5.90. The van der Waals surface area contributed by atoms with Crippen molar-refractivity contribution in [2.75, 3.05) is 19.5 Å². The van der Waals surface area contributed by atoms with E-state index in [1.54, 1.807) is 4.57 Å². The van der Waals surface area contributed by atoms with Gasteiger partial charge in [-0.25, -0.2) is 0 Å². The topological polar surface area (TPSA) is 66.5 Å². The number of rotatable bonds is 8. The molecule has 0 atom stereocenters. The van der Waals surface area contributed by atoms with Crippen molar-refractivity contribution in [3.05, 3.63) is 28.6 Å². The Morgan fingerprint density at radius 3 is 2.57 bits per heavy atom. The summed E-state index contributed by atoms with van der Waals surface area (Å²) in [4.78, 5) is 12.6. The Balaban J connectivity index is 2.47. The van der Waals surface area contributed by atoms with Gasteiger partial charge in [0.1, 0.15) is 0 Å². The van der Waals surface area contributed by atoms with E-state index in [-0.39, 0.29) is 11.3 Å². The van der Waals surface area contributed by atoms with Crippen LogP contribution in [0.15, 0.2) is 23.0 Å². The predicted octanol–water partition coefficient (Wildman–Crippen LogP) is 3.57. The fourth-order valence-electron chi connectivity index (χ4n) is 2.76. The normalized spacial score (nSPS) is 10.9. The summed E-state index contributed by atoms with van der Waals surface area (Å²) >= 11 is 0. The van der Waals surface area contributed by atoms with Crippen LogP contribution >= 0.6 is 0 Å². The van der Waals surface area contributed by atoms with Crippen molar-refractivity contribution in [2.45, 2.75) is 46.1 Å². The molecule has 1 heterocycles. The Labute approximate surface area is 137 Å². The standard InChI is InChI=1S/C18H26N2O3/c1-4-6-7-8-11-23-16-14-10-9-13(19)12-15(14)20(5-2)18(21)17(16)22-3/h9-10,12H,4-8,11,19H2,1-3H3. The largest absolute Gasteiger partial charge is 0.489 e. The average Bonchev–Trinajstić information content (AvgIpc) is 2.54. The third-order valence-corrected chi connectivity index (χ3v) is 3.97. The van der Waals surface area contributed by atoms with Crippen LogP contribution in [0.2, 0.25) is 0 Å². The van der Waals surface area contributed by atoms with E-state index in [9.17, 15) is 4.79 Å². The molecule has 0 radical (unpaired) electrons. The molecule has 0 spiro atoms. The van der Waals surface area contributed by atoms with E-state index in [0.29, 0.717) is 24.6 Å². The van der Waals surface area contributed by atoms with Crippen LogP contribution in [0, 0.1) is 0 Å². The maximum absolute atomic E-state index is 12.6. The number of nitrogens with zero attached hydrogens (tertiary/aromatic N) is 1. The van der Waals surface area contributed by atoms with Crippen molar-refractivity contribution >= 4 is 16.6 Å². The van der Waals surface area contributed by atoms with Crippen molar-refractivity contribution in [1.29, 1.82) is 0 Å². The van der Waals surface area contributed by atoms with E-state index >= 15 is 0 Å². The van der Waals surface area contributed by atoms with Crippen molar-refractivity contribution in [3.63, 3.8) is 0 Å². The summed E-state index contributed by atoms with van der Waals surface area (Å²) in [6, 6.07) is 5.51. The fourth-order valence-corrected chi connectivity index (χ4v) is 2.76. The van der Waals surface area contributed by atoms with Crippen LogP contribution < -0.4 is 20.8 Å². The van der Waals surface area contributed by atoms with Crippen molar-refractivity contribution in [1.82, 2.24) is 4.57 Å². The molecule has 1 aromatic carbocycles. The molecular formula is C18H26N2O3. The quantitative estimate of drug-likeness (QED) is 0.597. The van der Waals surface area contributed by atoms with Gasteiger partial charge in [-0.1, -0.05) is 26.2 Å². The van der Waals surface area contributed by atoms with Gasteiger partial charge in [-0.3, -0.25) is 4.79 Å². The highest BCUT2D eigenvalue weighted by molar-refractivity contribution is 5.90. The van der Waals surface area contributed by atoms with Gasteiger partial charge in [0.2, 0.25) is 5.75 Å². The smallest absolute Gasteiger partial charge is 0.297 e. The highest BCUT2D eigenvalue weighted by atomic mass is 16.5. The number of ether oxygens (including phenoxy) is 2. The number of methoxy groups -OCH3 is 1. The number of aromatic nitrogens is 1. The Morgan fingerprint density at radius 2 is 1.91 bits per heavy atom. The molecule has 0 aliphatic rings. The lowest BCUT2D eigenvalue weighted by Crippen LogP contribution is -2.22. The Morgan fingerprint density at radius 1 is 1.13 bits per heavy atom. The second-order valence-corrected chi connectivity index (χ2v) is 5.60. The third kappa shape index (κ3) is 3.60. The molecule has 0 fully saturated rings. The number of nitrogen functional groups attached to an aromatic ring is 1. The fraction of sp³-hybridized carbons (Fsp3) is 0.500. The van der Waals surface area contributed by atoms with Gasteiger partial charge in [-0.2, -0.15) is 0 Å². The molecule has 1 aromatic heterocycles. The van der Waals surface area contributed by atoms with Gasteiger partial charge in [0.05, 0.1) is 19.2 Å². The van der Waals surface area contributed by atoms with E-state index in [4.69, 9.17) is 15.2 Å². The zero-order valence-electron chi connectivity index (χ0n) is 14.2. The Hall–Kier alpha value is -2.17. The molecule has 0 aliphatic carbocycles. The first kappa shape index (κ1) is 17.2. The van der Waals surface area contributed by atoms with Crippen LogP contribution in [0.25, 0.3) is 10.9 Å². The lowest BCUT2D eigenvalue weighted by molar-refractivity contribution is 0.286. The lowest BCUT2D eigenvalue weighted by atomic mass is 10.1. The summed E-state index contributed by atoms with van der Waals surface area (Å²) in [5.41, 5.74) is 7.10. The molecule has 126 valence electrons. The summed E-state index contributed by atoms with van der Waals surface area (Å²) in [5.74, 6) is 0.785. The molecule has 2 aromatic rings. The van der Waals surface area contributed by atoms with Crippen LogP contribution in [0.3, 0.4) is 0 Å². The highest BCUT2D eigenvalue weighted by Gasteiger charge is 2.18. The zero-order chi connectivity index (χ0) is 16.8. The number of fused-ring (bicyclic) bond motifs is 1. The molecule has 0 amide bonds. The summed E-state index contributed by atoms with van der Waals surface area (Å²) < 4.78 is 12.9. The van der Waals surface area contributed by atoms with E-state index < -0.39 is 0 Å². The molecule has 5 heteroatoms. The van der Waals surface area contributed by atoms with Crippen LogP contribution in [-0.2, 0) is 6.54 Å². The summed E-state index contributed by atoms with van der Waals surface area (Å²) in [5, 5.41) is 0.855. The maximum atomic E-state index is 12.6. The monoisotopic (exact) mass is 318 g/mol. The molecule has 0 bridgehead atoms. The molecular weight excluding hydrogens is 292 g/mol. The first-order chi connectivity index (χ1) is 11.1.